The summed E-state index contributed by atoms with van der Waals surface area (Å²) in [5.41, 5.74) is 1.90. The zero-order valence-corrected chi connectivity index (χ0v) is 8.72. The largest absolute Gasteiger partial charge is 0.306 e. The predicted molar refractivity (Wildman–Crippen MR) is 50.2 cm³/mol. The van der Waals surface area contributed by atoms with Crippen LogP contribution in [0.25, 0.3) is 0 Å². The summed E-state index contributed by atoms with van der Waals surface area (Å²) in [6.07, 6.45) is 1.08. The van der Waals surface area contributed by atoms with Crippen molar-refractivity contribution in [2.45, 2.75) is 46.2 Å². The molecule has 0 bridgehead atoms. The van der Waals surface area contributed by atoms with Crippen LogP contribution in [0.4, 0.5) is 0 Å². The van der Waals surface area contributed by atoms with Gasteiger partial charge in [-0.3, -0.25) is 0 Å². The van der Waals surface area contributed by atoms with Crippen molar-refractivity contribution in [1.29, 1.82) is 0 Å². The van der Waals surface area contributed by atoms with E-state index in [2.05, 4.69) is 41.0 Å². The Morgan fingerprint density at radius 1 is 1.38 bits per heavy atom. The van der Waals surface area contributed by atoms with Crippen LogP contribution in [0, 0.1) is 6.92 Å². The van der Waals surface area contributed by atoms with Gasteiger partial charge in [-0.25, -0.2) is 4.63 Å². The molecule has 0 amide bonds. The minimum atomic E-state index is 0.144. The van der Waals surface area contributed by atoms with Crippen LogP contribution in [0.3, 0.4) is 0 Å². The lowest BCUT2D eigenvalue weighted by Crippen LogP contribution is -2.38. The molecule has 0 saturated heterocycles. The second-order valence-corrected chi connectivity index (χ2v) is 3.89. The molecule has 4 heteroatoms. The molecule has 0 fully saturated rings. The molecule has 4 nitrogen and oxygen atoms in total. The molecule has 0 aliphatic rings. The first-order valence-electron chi connectivity index (χ1n) is 4.58. The van der Waals surface area contributed by atoms with Crippen molar-refractivity contribution in [3.8, 4) is 0 Å². The third-order valence-corrected chi connectivity index (χ3v) is 2.36. The van der Waals surface area contributed by atoms with Crippen molar-refractivity contribution in [3.63, 3.8) is 0 Å². The molecule has 1 rings (SSSR count). The first-order valence-corrected chi connectivity index (χ1v) is 4.58. The summed E-state index contributed by atoms with van der Waals surface area (Å²) in [6.45, 7) is 9.09. The molecular formula is C9H17N3O. The number of nitrogens with one attached hydrogen (secondary N) is 1. The van der Waals surface area contributed by atoms with E-state index in [4.69, 9.17) is 0 Å². The quantitative estimate of drug-likeness (QED) is 0.771. The van der Waals surface area contributed by atoms with Crippen molar-refractivity contribution in [2.24, 2.45) is 0 Å². The van der Waals surface area contributed by atoms with Gasteiger partial charge < -0.3 is 5.32 Å². The van der Waals surface area contributed by atoms with Gasteiger partial charge in [0.05, 0.1) is 0 Å². The van der Waals surface area contributed by atoms with Crippen molar-refractivity contribution in [1.82, 2.24) is 15.6 Å². The third kappa shape index (κ3) is 2.81. The Balaban J connectivity index is 2.48. The van der Waals surface area contributed by atoms with E-state index in [0.29, 0.717) is 0 Å². The van der Waals surface area contributed by atoms with Crippen molar-refractivity contribution < 1.29 is 4.63 Å². The van der Waals surface area contributed by atoms with Gasteiger partial charge in [-0.2, -0.15) is 0 Å². The number of aryl methyl sites for hydroxylation is 1. The molecule has 1 aromatic heterocycles. The topological polar surface area (TPSA) is 51.0 Å². The molecule has 0 aliphatic carbocycles. The monoisotopic (exact) mass is 183 g/mol. The lowest BCUT2D eigenvalue weighted by atomic mass is 10.0. The molecule has 1 aromatic rings. The second-order valence-electron chi connectivity index (χ2n) is 3.89. The lowest BCUT2D eigenvalue weighted by molar-refractivity contribution is 0.296. The van der Waals surface area contributed by atoms with Gasteiger partial charge in [0.25, 0.3) is 0 Å². The van der Waals surface area contributed by atoms with Gasteiger partial charge in [0.15, 0.2) is 0 Å². The normalized spacial score (nSPS) is 12.0. The zero-order chi connectivity index (χ0) is 9.90. The molecule has 1 heterocycles. The van der Waals surface area contributed by atoms with E-state index < -0.39 is 0 Å². The molecular weight excluding hydrogens is 166 g/mol. The molecule has 0 saturated carbocycles. The first-order chi connectivity index (χ1) is 6.05. The Hall–Kier alpha value is -0.900. The van der Waals surface area contributed by atoms with Crippen LogP contribution in [0.1, 0.15) is 38.6 Å². The second kappa shape index (κ2) is 3.87. The average Bonchev–Trinajstić information content (AvgIpc) is 2.48. The number of rotatable bonds is 4. The summed E-state index contributed by atoms with van der Waals surface area (Å²) in [4.78, 5) is 0. The maximum Gasteiger partial charge on any atom is 0.121 e. The molecule has 0 radical (unpaired) electrons. The SMILES string of the molecule is CCC(C)(C)NCc1nonc1C. The highest BCUT2D eigenvalue weighted by Gasteiger charge is 2.15. The molecule has 0 unspecified atom stereocenters. The zero-order valence-electron chi connectivity index (χ0n) is 8.72. The highest BCUT2D eigenvalue weighted by Crippen LogP contribution is 2.09. The van der Waals surface area contributed by atoms with E-state index in [0.717, 1.165) is 24.4 Å². The third-order valence-electron chi connectivity index (χ3n) is 2.36. The maximum absolute atomic E-state index is 4.60. The number of hydrogen-bond donors (Lipinski definition) is 1. The molecule has 74 valence electrons. The van der Waals surface area contributed by atoms with Crippen LogP contribution >= 0.6 is 0 Å². The van der Waals surface area contributed by atoms with Crippen molar-refractivity contribution >= 4 is 0 Å². The van der Waals surface area contributed by atoms with E-state index in [1.165, 1.54) is 0 Å². The fourth-order valence-corrected chi connectivity index (χ4v) is 0.858. The van der Waals surface area contributed by atoms with E-state index >= 15 is 0 Å². The summed E-state index contributed by atoms with van der Waals surface area (Å²) in [5, 5.41) is 10.9. The lowest BCUT2D eigenvalue weighted by Gasteiger charge is -2.23. The van der Waals surface area contributed by atoms with Gasteiger partial charge in [0.1, 0.15) is 11.4 Å². The van der Waals surface area contributed by atoms with Crippen LogP contribution in [0.2, 0.25) is 0 Å². The fraction of sp³-hybridized carbons (Fsp3) is 0.778. The fourth-order valence-electron chi connectivity index (χ4n) is 0.858. The van der Waals surface area contributed by atoms with Crippen LogP contribution in [0.5, 0.6) is 0 Å². The van der Waals surface area contributed by atoms with Gasteiger partial charge in [-0.15, -0.1) is 0 Å². The predicted octanol–water partition coefficient (Wildman–Crippen LogP) is 1.66. The van der Waals surface area contributed by atoms with E-state index in [1.807, 2.05) is 6.92 Å². The minimum absolute atomic E-state index is 0.144. The van der Waals surface area contributed by atoms with Gasteiger partial charge in [0.2, 0.25) is 0 Å². The summed E-state index contributed by atoms with van der Waals surface area (Å²) in [6, 6.07) is 0. The Labute approximate surface area is 78.7 Å². The molecule has 0 aromatic carbocycles. The van der Waals surface area contributed by atoms with Crippen molar-refractivity contribution in [2.75, 3.05) is 0 Å². The summed E-state index contributed by atoms with van der Waals surface area (Å²) >= 11 is 0. The van der Waals surface area contributed by atoms with Crippen LogP contribution in [0.15, 0.2) is 4.63 Å². The summed E-state index contributed by atoms with van der Waals surface area (Å²) in [5.74, 6) is 0. The Morgan fingerprint density at radius 2 is 2.08 bits per heavy atom. The molecule has 1 N–H and O–H groups in total. The van der Waals surface area contributed by atoms with Crippen LogP contribution in [-0.4, -0.2) is 15.9 Å². The van der Waals surface area contributed by atoms with Gasteiger partial charge in [0, 0.05) is 12.1 Å². The van der Waals surface area contributed by atoms with Gasteiger partial charge in [-0.1, -0.05) is 17.2 Å². The molecule has 13 heavy (non-hydrogen) atoms. The molecule has 0 atom stereocenters. The smallest absolute Gasteiger partial charge is 0.121 e. The summed E-state index contributed by atoms with van der Waals surface area (Å²) < 4.78 is 4.60. The maximum atomic E-state index is 4.60. The molecule has 0 aliphatic heterocycles. The van der Waals surface area contributed by atoms with Crippen LogP contribution < -0.4 is 5.32 Å². The van der Waals surface area contributed by atoms with E-state index in [-0.39, 0.29) is 5.54 Å². The first kappa shape index (κ1) is 10.2. The average molecular weight is 183 g/mol. The number of nitrogens with zero attached hydrogens (tertiary/aromatic N) is 2. The van der Waals surface area contributed by atoms with Crippen LogP contribution in [-0.2, 0) is 6.54 Å². The van der Waals surface area contributed by atoms with Crippen molar-refractivity contribution in [3.05, 3.63) is 11.4 Å². The minimum Gasteiger partial charge on any atom is -0.306 e. The number of hydrogen-bond acceptors (Lipinski definition) is 4. The number of aromatic nitrogens is 2. The highest BCUT2D eigenvalue weighted by molar-refractivity contribution is 5.04. The molecule has 0 spiro atoms. The standard InChI is InChI=1S/C9H17N3O/c1-5-9(3,4)10-6-8-7(2)11-13-12-8/h10H,5-6H2,1-4H3. The Morgan fingerprint density at radius 3 is 2.54 bits per heavy atom. The summed E-state index contributed by atoms with van der Waals surface area (Å²) in [7, 11) is 0. The van der Waals surface area contributed by atoms with Gasteiger partial charge in [-0.05, 0) is 27.2 Å². The van der Waals surface area contributed by atoms with E-state index in [9.17, 15) is 0 Å². The Bertz CT molecular complexity index is 268. The van der Waals surface area contributed by atoms with E-state index in [1.54, 1.807) is 0 Å². The highest BCUT2D eigenvalue weighted by atomic mass is 16.6. The Kier molecular flexibility index (Phi) is 3.03. The van der Waals surface area contributed by atoms with Gasteiger partial charge >= 0.3 is 0 Å².